The fourth-order valence-corrected chi connectivity index (χ4v) is 6.43. The summed E-state index contributed by atoms with van der Waals surface area (Å²) in [7, 11) is 0. The Labute approximate surface area is 223 Å². The SMILES string of the molecule is CC(=O)N1CCN(Cc2ccc(-c3nc4c(NC5C6C=CC(C6)C5C(N)=O)c(Br)cnc4[nH]3)cc2)CC1. The van der Waals surface area contributed by atoms with Crippen LogP contribution in [0.4, 0.5) is 5.69 Å². The molecule has 2 aromatic heterocycles. The normalized spacial score (nSPS) is 25.2. The van der Waals surface area contributed by atoms with Crippen LogP contribution in [0.2, 0.25) is 0 Å². The van der Waals surface area contributed by atoms with E-state index in [0.29, 0.717) is 5.65 Å². The van der Waals surface area contributed by atoms with E-state index in [9.17, 15) is 9.59 Å². The maximum atomic E-state index is 12.2. The molecule has 3 aromatic rings. The molecule has 4 unspecified atom stereocenters. The van der Waals surface area contributed by atoms with Gasteiger partial charge in [-0.15, -0.1) is 0 Å². The minimum atomic E-state index is -0.265. The van der Waals surface area contributed by atoms with Crippen LogP contribution in [0, 0.1) is 17.8 Å². The van der Waals surface area contributed by atoms with E-state index in [4.69, 9.17) is 10.7 Å². The molecule has 4 atom stereocenters. The maximum Gasteiger partial charge on any atom is 0.223 e. The van der Waals surface area contributed by atoms with Crippen molar-refractivity contribution < 1.29 is 9.59 Å². The van der Waals surface area contributed by atoms with Crippen LogP contribution in [0.3, 0.4) is 0 Å². The molecule has 1 aromatic carbocycles. The minimum absolute atomic E-state index is 0.0638. The summed E-state index contributed by atoms with van der Waals surface area (Å²) in [4.78, 5) is 40.8. The largest absolute Gasteiger partial charge is 0.378 e. The van der Waals surface area contributed by atoms with Crippen molar-refractivity contribution in [2.75, 3.05) is 31.5 Å². The van der Waals surface area contributed by atoms with Crippen molar-refractivity contribution in [1.82, 2.24) is 24.8 Å². The van der Waals surface area contributed by atoms with Gasteiger partial charge in [0.15, 0.2) is 5.65 Å². The van der Waals surface area contributed by atoms with E-state index in [0.717, 1.165) is 66.2 Å². The highest BCUT2D eigenvalue weighted by atomic mass is 79.9. The monoisotopic (exact) mass is 563 g/mol. The molecule has 1 aliphatic heterocycles. The molecule has 2 amide bonds. The summed E-state index contributed by atoms with van der Waals surface area (Å²) in [6.45, 7) is 5.82. The van der Waals surface area contributed by atoms with E-state index < -0.39 is 0 Å². The number of benzene rings is 1. The van der Waals surface area contributed by atoms with Crippen LogP contribution in [0.15, 0.2) is 47.1 Å². The van der Waals surface area contributed by atoms with E-state index >= 15 is 0 Å². The van der Waals surface area contributed by atoms with Gasteiger partial charge in [-0.3, -0.25) is 14.5 Å². The second-order valence-corrected chi connectivity index (χ2v) is 11.1. The number of imidazole rings is 1. The number of H-pyrrole nitrogens is 1. The number of amides is 2. The lowest BCUT2D eigenvalue weighted by Gasteiger charge is -2.34. The maximum absolute atomic E-state index is 12.2. The summed E-state index contributed by atoms with van der Waals surface area (Å²) in [6, 6.07) is 8.34. The molecule has 9 nitrogen and oxygen atoms in total. The smallest absolute Gasteiger partial charge is 0.223 e. The highest BCUT2D eigenvalue weighted by Crippen LogP contribution is 2.46. The number of hydrogen-bond acceptors (Lipinski definition) is 6. The highest BCUT2D eigenvalue weighted by Gasteiger charge is 2.47. The molecule has 3 aliphatic rings. The average Bonchev–Trinajstić information content (AvgIpc) is 3.61. The van der Waals surface area contributed by atoms with E-state index in [1.54, 1.807) is 13.1 Å². The number of carbonyl (C=O) groups excluding carboxylic acids is 2. The number of pyridine rings is 1. The highest BCUT2D eigenvalue weighted by molar-refractivity contribution is 9.10. The zero-order chi connectivity index (χ0) is 25.7. The topological polar surface area (TPSA) is 120 Å². The number of hydrogen-bond donors (Lipinski definition) is 3. The zero-order valence-corrected chi connectivity index (χ0v) is 22.2. The number of nitrogens with one attached hydrogen (secondary N) is 2. The average molecular weight is 564 g/mol. The van der Waals surface area contributed by atoms with Gasteiger partial charge in [0.25, 0.3) is 0 Å². The quantitative estimate of drug-likeness (QED) is 0.396. The van der Waals surface area contributed by atoms with Crippen LogP contribution in [0.25, 0.3) is 22.6 Å². The Kier molecular flexibility index (Phi) is 6.24. The van der Waals surface area contributed by atoms with Crippen molar-refractivity contribution in [1.29, 1.82) is 0 Å². The van der Waals surface area contributed by atoms with Gasteiger partial charge in [-0.2, -0.15) is 0 Å². The van der Waals surface area contributed by atoms with Gasteiger partial charge in [0, 0.05) is 57.4 Å². The Morgan fingerprint density at radius 1 is 1.14 bits per heavy atom. The molecule has 2 aliphatic carbocycles. The predicted octanol–water partition coefficient (Wildman–Crippen LogP) is 3.14. The van der Waals surface area contributed by atoms with Crippen molar-refractivity contribution in [2.45, 2.75) is 25.9 Å². The number of primary amides is 1. The lowest BCUT2D eigenvalue weighted by Crippen LogP contribution is -2.47. The summed E-state index contributed by atoms with van der Waals surface area (Å²) >= 11 is 3.63. The first-order valence-electron chi connectivity index (χ1n) is 12.7. The summed E-state index contributed by atoms with van der Waals surface area (Å²) in [5, 5.41) is 3.59. The van der Waals surface area contributed by atoms with Gasteiger partial charge in [-0.25, -0.2) is 9.97 Å². The van der Waals surface area contributed by atoms with Gasteiger partial charge in [0.05, 0.1) is 16.1 Å². The third-order valence-electron chi connectivity index (χ3n) is 8.02. The molecule has 37 heavy (non-hydrogen) atoms. The number of carbonyl (C=O) groups is 2. The van der Waals surface area contributed by atoms with E-state index in [1.807, 2.05) is 4.90 Å². The fourth-order valence-electron chi connectivity index (χ4n) is 6.03. The number of rotatable bonds is 6. The van der Waals surface area contributed by atoms with Crippen molar-refractivity contribution >= 4 is 44.6 Å². The van der Waals surface area contributed by atoms with Crippen LogP contribution < -0.4 is 11.1 Å². The number of fused-ring (bicyclic) bond motifs is 3. The first-order chi connectivity index (χ1) is 17.9. The number of anilines is 1. The molecule has 3 heterocycles. The predicted molar refractivity (Wildman–Crippen MR) is 145 cm³/mol. The molecule has 0 spiro atoms. The third-order valence-corrected chi connectivity index (χ3v) is 8.62. The van der Waals surface area contributed by atoms with Crippen LogP contribution in [0.5, 0.6) is 0 Å². The fraction of sp³-hybridized carbons (Fsp3) is 0.407. The molecule has 2 fully saturated rings. The first kappa shape index (κ1) is 24.1. The Bertz CT molecular complexity index is 1380. The lowest BCUT2D eigenvalue weighted by molar-refractivity contribution is -0.130. The number of aromatic nitrogens is 3. The van der Waals surface area contributed by atoms with Crippen LogP contribution in [-0.4, -0.2) is 68.8 Å². The molecule has 6 rings (SSSR count). The second-order valence-electron chi connectivity index (χ2n) is 10.3. The van der Waals surface area contributed by atoms with Crippen molar-refractivity contribution in [2.24, 2.45) is 23.5 Å². The molecular weight excluding hydrogens is 534 g/mol. The molecule has 2 bridgehead atoms. The number of aromatic amines is 1. The van der Waals surface area contributed by atoms with Gasteiger partial charge in [0.1, 0.15) is 11.3 Å². The Morgan fingerprint density at radius 3 is 2.57 bits per heavy atom. The molecule has 4 N–H and O–H groups in total. The lowest BCUT2D eigenvalue weighted by atomic mass is 9.88. The van der Waals surface area contributed by atoms with Crippen molar-refractivity contribution in [3.8, 4) is 11.4 Å². The third kappa shape index (κ3) is 4.53. The molecule has 0 radical (unpaired) electrons. The van der Waals surface area contributed by atoms with Gasteiger partial charge in [0.2, 0.25) is 11.8 Å². The van der Waals surface area contributed by atoms with E-state index in [-0.39, 0.29) is 35.6 Å². The van der Waals surface area contributed by atoms with Crippen molar-refractivity contribution in [3.63, 3.8) is 0 Å². The summed E-state index contributed by atoms with van der Waals surface area (Å²) in [5.74, 6) is 0.858. The molecule has 192 valence electrons. The molecule has 1 saturated carbocycles. The van der Waals surface area contributed by atoms with Crippen LogP contribution >= 0.6 is 15.9 Å². The Hall–Kier alpha value is -3.24. The summed E-state index contributed by atoms with van der Waals surface area (Å²) in [5.41, 5.74) is 10.2. The number of halogens is 1. The standard InChI is InChI=1S/C27H30BrN7O2/c1-15(36)35-10-8-34(9-11-35)14-16-2-4-17(5-3-16)26-32-24-23(20(28)13-30-27(24)33-26)31-22-19-7-6-18(12-19)21(22)25(29)37/h2-7,13,18-19,21-22H,8-12,14H2,1H3,(H2,29,37)(H2,30,31,32,33). The zero-order valence-electron chi connectivity index (χ0n) is 20.7. The molecule has 10 heteroatoms. The van der Waals surface area contributed by atoms with Crippen molar-refractivity contribution in [3.05, 3.63) is 52.7 Å². The molecule has 1 saturated heterocycles. The van der Waals surface area contributed by atoms with Gasteiger partial charge in [-0.1, -0.05) is 36.4 Å². The van der Waals surface area contributed by atoms with Crippen LogP contribution in [0.1, 0.15) is 18.9 Å². The molecular formula is C27H30BrN7O2. The first-order valence-corrected chi connectivity index (χ1v) is 13.5. The number of allylic oxidation sites excluding steroid dienone is 1. The Balaban J connectivity index is 1.20. The van der Waals surface area contributed by atoms with Gasteiger partial charge < -0.3 is 20.9 Å². The Morgan fingerprint density at radius 2 is 1.86 bits per heavy atom. The summed E-state index contributed by atoms with van der Waals surface area (Å²) < 4.78 is 0.799. The van der Waals surface area contributed by atoms with E-state index in [2.05, 4.69) is 72.5 Å². The summed E-state index contributed by atoms with van der Waals surface area (Å²) in [6.07, 6.45) is 7.01. The number of piperazine rings is 1. The number of nitrogens with two attached hydrogens (primary N) is 1. The van der Waals surface area contributed by atoms with Gasteiger partial charge in [-0.05, 0) is 39.8 Å². The van der Waals surface area contributed by atoms with Gasteiger partial charge >= 0.3 is 0 Å². The minimum Gasteiger partial charge on any atom is -0.378 e. The number of nitrogens with zero attached hydrogens (tertiary/aromatic N) is 4. The van der Waals surface area contributed by atoms with Crippen LogP contribution in [-0.2, 0) is 16.1 Å². The second kappa shape index (κ2) is 9.57. The van der Waals surface area contributed by atoms with E-state index in [1.165, 1.54) is 5.56 Å².